The van der Waals surface area contributed by atoms with Crippen LogP contribution in [0.25, 0.3) is 0 Å². The predicted octanol–water partition coefficient (Wildman–Crippen LogP) is 3.32. The van der Waals surface area contributed by atoms with E-state index in [4.69, 9.17) is 9.47 Å². The molecule has 1 unspecified atom stereocenters. The summed E-state index contributed by atoms with van der Waals surface area (Å²) in [6, 6.07) is 14.7. The number of para-hydroxylation sites is 1. The number of nitro benzene ring substituents is 1. The molecular weight excluding hydrogens is 428 g/mol. The van der Waals surface area contributed by atoms with Crippen molar-refractivity contribution < 1.29 is 28.8 Å². The Bertz CT molecular complexity index is 1150. The van der Waals surface area contributed by atoms with Crippen molar-refractivity contribution in [3.8, 4) is 0 Å². The summed E-state index contributed by atoms with van der Waals surface area (Å²) in [6.45, 7) is 3.09. The molecule has 3 rings (SSSR count). The van der Waals surface area contributed by atoms with E-state index in [2.05, 4.69) is 5.32 Å². The average molecular weight is 450 g/mol. The fourth-order valence-electron chi connectivity index (χ4n) is 3.66. The van der Waals surface area contributed by atoms with E-state index in [0.29, 0.717) is 6.29 Å². The summed E-state index contributed by atoms with van der Waals surface area (Å²) in [5.74, 6) is -2.88. The molecule has 0 amide bonds. The number of rotatable bonds is 8. The number of allylic oxidation sites excluding steroid dienone is 2. The fourth-order valence-corrected chi connectivity index (χ4v) is 3.66. The van der Waals surface area contributed by atoms with Gasteiger partial charge in [0.05, 0.1) is 34.3 Å². The zero-order valence-corrected chi connectivity index (χ0v) is 18.1. The summed E-state index contributed by atoms with van der Waals surface area (Å²) in [6.07, 6.45) is 0.420. The predicted molar refractivity (Wildman–Crippen MR) is 118 cm³/mol. The lowest BCUT2D eigenvalue weighted by atomic mass is 9.79. The monoisotopic (exact) mass is 450 g/mol. The van der Waals surface area contributed by atoms with Crippen LogP contribution >= 0.6 is 0 Å². The number of benzene rings is 2. The maximum atomic E-state index is 13.2. The minimum absolute atomic E-state index is 0.00849. The number of carbonyl (C=O) groups excluding carboxylic acids is 3. The van der Waals surface area contributed by atoms with E-state index in [1.807, 2.05) is 6.07 Å². The summed E-state index contributed by atoms with van der Waals surface area (Å²) in [5.41, 5.74) is 0.396. The highest BCUT2D eigenvalue weighted by atomic mass is 16.6. The second-order valence-corrected chi connectivity index (χ2v) is 7.14. The molecule has 1 heterocycles. The van der Waals surface area contributed by atoms with Gasteiger partial charge in [0, 0.05) is 17.3 Å². The molecule has 1 N–H and O–H groups in total. The average Bonchev–Trinajstić information content (AvgIpc) is 2.82. The highest BCUT2D eigenvalue weighted by molar-refractivity contribution is 6.03. The van der Waals surface area contributed by atoms with Crippen LogP contribution in [0.5, 0.6) is 0 Å². The van der Waals surface area contributed by atoms with Crippen molar-refractivity contribution in [3.05, 3.63) is 98.4 Å². The first-order valence-electron chi connectivity index (χ1n) is 10.2. The molecule has 1 aliphatic rings. The van der Waals surface area contributed by atoms with E-state index in [1.165, 1.54) is 25.1 Å². The topological polar surface area (TPSA) is 125 Å². The van der Waals surface area contributed by atoms with Gasteiger partial charge in [0.1, 0.15) is 6.61 Å². The maximum Gasteiger partial charge on any atom is 0.337 e. The Balaban J connectivity index is 2.14. The Kier molecular flexibility index (Phi) is 7.34. The number of nitrogens with one attached hydrogen (secondary N) is 1. The molecule has 2 aromatic carbocycles. The minimum atomic E-state index is -1.24. The molecule has 0 aromatic heterocycles. The normalized spacial score (nSPS) is 15.5. The van der Waals surface area contributed by atoms with Gasteiger partial charge in [-0.1, -0.05) is 48.5 Å². The molecule has 0 saturated heterocycles. The summed E-state index contributed by atoms with van der Waals surface area (Å²) < 4.78 is 10.6. The number of nitrogens with zero attached hydrogens (tertiary/aromatic N) is 1. The SMILES string of the molecule is CCOC(=O)C1=C(C=O)NC(C)=C(C(=O)OCc2ccccc2)C1c1ccccc1[N+](=O)[O-]. The van der Waals surface area contributed by atoms with Crippen molar-refractivity contribution in [3.63, 3.8) is 0 Å². The van der Waals surface area contributed by atoms with Crippen LogP contribution in [0.2, 0.25) is 0 Å². The van der Waals surface area contributed by atoms with E-state index in [1.54, 1.807) is 37.3 Å². The molecule has 0 saturated carbocycles. The number of aldehydes is 1. The Morgan fingerprint density at radius 1 is 1.03 bits per heavy atom. The number of dihydropyridines is 1. The molecule has 0 aliphatic carbocycles. The number of esters is 2. The second kappa shape index (κ2) is 10.4. The molecule has 9 nitrogen and oxygen atoms in total. The maximum absolute atomic E-state index is 13.2. The molecule has 2 aromatic rings. The molecule has 0 radical (unpaired) electrons. The van der Waals surface area contributed by atoms with E-state index >= 15 is 0 Å². The summed E-state index contributed by atoms with van der Waals surface area (Å²) in [5, 5.41) is 14.5. The number of ether oxygens (including phenoxy) is 2. The number of carbonyl (C=O) groups is 3. The molecule has 0 bridgehead atoms. The van der Waals surface area contributed by atoms with Gasteiger partial charge >= 0.3 is 11.9 Å². The Morgan fingerprint density at radius 2 is 1.67 bits per heavy atom. The molecule has 0 fully saturated rings. The van der Waals surface area contributed by atoms with Gasteiger partial charge in [-0.15, -0.1) is 0 Å². The van der Waals surface area contributed by atoms with E-state index < -0.39 is 22.8 Å². The van der Waals surface area contributed by atoms with E-state index in [9.17, 15) is 24.5 Å². The Hall–Kier alpha value is -4.27. The zero-order valence-electron chi connectivity index (χ0n) is 18.1. The Morgan fingerprint density at radius 3 is 2.30 bits per heavy atom. The van der Waals surface area contributed by atoms with Crippen LogP contribution in [0.1, 0.15) is 30.9 Å². The van der Waals surface area contributed by atoms with Gasteiger partial charge in [-0.25, -0.2) is 9.59 Å². The van der Waals surface area contributed by atoms with Crippen molar-refractivity contribution >= 4 is 23.9 Å². The smallest absolute Gasteiger partial charge is 0.337 e. The first-order valence-corrected chi connectivity index (χ1v) is 10.2. The molecule has 1 atom stereocenters. The third-order valence-corrected chi connectivity index (χ3v) is 5.08. The van der Waals surface area contributed by atoms with Crippen LogP contribution in [0.3, 0.4) is 0 Å². The van der Waals surface area contributed by atoms with Crippen molar-refractivity contribution in [2.45, 2.75) is 26.4 Å². The van der Waals surface area contributed by atoms with Crippen LogP contribution in [0.15, 0.2) is 77.1 Å². The molecule has 1 aliphatic heterocycles. The summed E-state index contributed by atoms with van der Waals surface area (Å²) >= 11 is 0. The standard InChI is InChI=1S/C24H22N2O7/c1-3-32-24(29)22-18(13-27)25-15(2)20(23(28)33-14-16-9-5-4-6-10-16)21(22)17-11-7-8-12-19(17)26(30)31/h4-13,21,25H,3,14H2,1-2H3. The van der Waals surface area contributed by atoms with Gasteiger partial charge < -0.3 is 14.8 Å². The zero-order chi connectivity index (χ0) is 24.0. The highest BCUT2D eigenvalue weighted by Gasteiger charge is 2.41. The third-order valence-electron chi connectivity index (χ3n) is 5.08. The van der Waals surface area contributed by atoms with Gasteiger partial charge in [0.15, 0.2) is 6.29 Å². The summed E-state index contributed by atoms with van der Waals surface area (Å²) in [4.78, 5) is 49.0. The largest absolute Gasteiger partial charge is 0.463 e. The molecule has 33 heavy (non-hydrogen) atoms. The van der Waals surface area contributed by atoms with Gasteiger partial charge in [-0.2, -0.15) is 0 Å². The van der Waals surface area contributed by atoms with Crippen molar-refractivity contribution in [2.75, 3.05) is 6.61 Å². The lowest BCUT2D eigenvalue weighted by Gasteiger charge is -2.29. The van der Waals surface area contributed by atoms with Crippen LogP contribution in [0, 0.1) is 10.1 Å². The van der Waals surface area contributed by atoms with E-state index in [0.717, 1.165) is 5.56 Å². The minimum Gasteiger partial charge on any atom is -0.463 e. The quantitative estimate of drug-likeness (QED) is 0.281. The Labute approximate surface area is 189 Å². The van der Waals surface area contributed by atoms with Gasteiger partial charge in [0.25, 0.3) is 5.69 Å². The van der Waals surface area contributed by atoms with Crippen molar-refractivity contribution in [1.82, 2.24) is 5.32 Å². The molecule has 9 heteroatoms. The molecule has 0 spiro atoms. The molecule has 170 valence electrons. The second-order valence-electron chi connectivity index (χ2n) is 7.14. The van der Waals surface area contributed by atoms with E-state index in [-0.39, 0.29) is 47.0 Å². The number of hydrogen-bond acceptors (Lipinski definition) is 8. The summed E-state index contributed by atoms with van der Waals surface area (Å²) in [7, 11) is 0. The lowest BCUT2D eigenvalue weighted by molar-refractivity contribution is -0.385. The number of hydrogen-bond donors (Lipinski definition) is 1. The first kappa shape index (κ1) is 23.4. The van der Waals surface area contributed by atoms with Crippen LogP contribution in [-0.4, -0.2) is 29.8 Å². The van der Waals surface area contributed by atoms with Crippen LogP contribution in [0.4, 0.5) is 5.69 Å². The van der Waals surface area contributed by atoms with Crippen molar-refractivity contribution in [1.29, 1.82) is 0 Å². The highest BCUT2D eigenvalue weighted by Crippen LogP contribution is 2.42. The lowest BCUT2D eigenvalue weighted by Crippen LogP contribution is -2.34. The van der Waals surface area contributed by atoms with Crippen molar-refractivity contribution in [2.24, 2.45) is 0 Å². The number of nitro groups is 1. The van der Waals surface area contributed by atoms with Crippen LogP contribution in [-0.2, 0) is 30.5 Å². The van der Waals surface area contributed by atoms with Gasteiger partial charge in [0.2, 0.25) is 0 Å². The van der Waals surface area contributed by atoms with Gasteiger partial charge in [-0.05, 0) is 19.4 Å². The van der Waals surface area contributed by atoms with Gasteiger partial charge in [-0.3, -0.25) is 14.9 Å². The molecular formula is C24H22N2O7. The first-order chi connectivity index (χ1) is 15.9. The van der Waals surface area contributed by atoms with Crippen LogP contribution < -0.4 is 5.32 Å². The third kappa shape index (κ3) is 4.98. The fraction of sp³-hybridized carbons (Fsp3) is 0.208.